The van der Waals surface area contributed by atoms with Crippen LogP contribution in [-0.4, -0.2) is 25.6 Å². The van der Waals surface area contributed by atoms with Gasteiger partial charge in [-0.3, -0.25) is 9.59 Å². The Labute approximate surface area is 151 Å². The number of aryl methyl sites for hydroxylation is 1. The van der Waals surface area contributed by atoms with E-state index < -0.39 is 5.97 Å². The molecule has 1 N–H and O–H groups in total. The van der Waals surface area contributed by atoms with Gasteiger partial charge in [0.15, 0.2) is 6.61 Å². The van der Waals surface area contributed by atoms with E-state index in [2.05, 4.69) is 5.32 Å². The zero-order valence-corrected chi connectivity index (χ0v) is 14.7. The van der Waals surface area contributed by atoms with Gasteiger partial charge in [0.25, 0.3) is 5.91 Å². The second-order valence-corrected chi connectivity index (χ2v) is 5.78. The molecule has 2 aromatic rings. The van der Waals surface area contributed by atoms with Crippen LogP contribution in [0.5, 0.6) is 5.75 Å². The van der Waals surface area contributed by atoms with Gasteiger partial charge in [0.1, 0.15) is 5.75 Å². The Morgan fingerprint density at radius 1 is 1.08 bits per heavy atom. The molecule has 2 rings (SSSR count). The zero-order valence-electron chi connectivity index (χ0n) is 14.0. The molecule has 0 saturated heterocycles. The van der Waals surface area contributed by atoms with Crippen LogP contribution in [0.1, 0.15) is 17.5 Å². The van der Waals surface area contributed by atoms with E-state index in [4.69, 9.17) is 21.1 Å². The molecular weight excluding hydrogens is 342 g/mol. The van der Waals surface area contributed by atoms with Crippen molar-refractivity contribution in [3.63, 3.8) is 0 Å². The third-order valence-electron chi connectivity index (χ3n) is 3.57. The Morgan fingerprint density at radius 3 is 2.48 bits per heavy atom. The van der Waals surface area contributed by atoms with Crippen LogP contribution in [0.15, 0.2) is 48.5 Å². The van der Waals surface area contributed by atoms with Crippen LogP contribution in [-0.2, 0) is 27.3 Å². The van der Waals surface area contributed by atoms with Crippen molar-refractivity contribution >= 4 is 23.5 Å². The average molecular weight is 362 g/mol. The van der Waals surface area contributed by atoms with Crippen LogP contribution in [0.25, 0.3) is 0 Å². The molecular formula is C19H20ClNO4. The number of halogens is 1. The summed E-state index contributed by atoms with van der Waals surface area (Å²) in [6.07, 6.45) is 0.758. The summed E-state index contributed by atoms with van der Waals surface area (Å²) in [5.74, 6) is -0.0112. The van der Waals surface area contributed by atoms with E-state index in [1.807, 2.05) is 42.5 Å². The van der Waals surface area contributed by atoms with E-state index in [-0.39, 0.29) is 18.9 Å². The number of carbonyl (C=O) groups excluding carboxylic acids is 2. The van der Waals surface area contributed by atoms with Gasteiger partial charge < -0.3 is 14.8 Å². The van der Waals surface area contributed by atoms with Gasteiger partial charge in [-0.1, -0.05) is 41.9 Å². The molecule has 0 saturated carbocycles. The number of esters is 1. The highest BCUT2D eigenvalue weighted by Gasteiger charge is 2.09. The molecule has 0 unspecified atom stereocenters. The number of hydrogen-bond acceptors (Lipinski definition) is 4. The number of ether oxygens (including phenoxy) is 2. The minimum absolute atomic E-state index is 0.212. The van der Waals surface area contributed by atoms with E-state index in [1.54, 1.807) is 13.2 Å². The number of nitrogens with one attached hydrogen (secondary N) is 1. The summed E-state index contributed by atoms with van der Waals surface area (Å²) in [5.41, 5.74) is 1.81. The highest BCUT2D eigenvalue weighted by Crippen LogP contribution is 2.14. The highest BCUT2D eigenvalue weighted by atomic mass is 35.5. The molecule has 0 aliphatic heterocycles. The lowest BCUT2D eigenvalue weighted by Crippen LogP contribution is -2.28. The lowest BCUT2D eigenvalue weighted by atomic mass is 10.1. The average Bonchev–Trinajstić information content (AvgIpc) is 2.64. The first-order valence-corrected chi connectivity index (χ1v) is 8.25. The van der Waals surface area contributed by atoms with Crippen LogP contribution < -0.4 is 10.1 Å². The predicted molar refractivity (Wildman–Crippen MR) is 95.6 cm³/mol. The van der Waals surface area contributed by atoms with E-state index in [9.17, 15) is 9.59 Å². The number of methoxy groups -OCH3 is 1. The number of amides is 1. The maximum atomic E-state index is 11.7. The van der Waals surface area contributed by atoms with Gasteiger partial charge in [-0.05, 0) is 35.7 Å². The van der Waals surface area contributed by atoms with Gasteiger partial charge >= 0.3 is 5.97 Å². The van der Waals surface area contributed by atoms with Crippen LogP contribution >= 0.6 is 11.6 Å². The standard InChI is InChI=1S/C19H20ClNO4/c1-24-16-9-6-14(7-10-16)8-11-19(23)25-13-18(22)21-12-15-4-2-3-5-17(15)20/h2-7,9-10H,8,11-13H2,1H3,(H,21,22). The van der Waals surface area contributed by atoms with Gasteiger partial charge in [-0.2, -0.15) is 0 Å². The lowest BCUT2D eigenvalue weighted by molar-refractivity contribution is -0.148. The van der Waals surface area contributed by atoms with Crippen molar-refractivity contribution in [2.75, 3.05) is 13.7 Å². The predicted octanol–water partition coefficient (Wildman–Crippen LogP) is 3.14. The van der Waals surface area contributed by atoms with E-state index in [1.165, 1.54) is 0 Å². The molecule has 0 aromatic heterocycles. The van der Waals surface area contributed by atoms with Gasteiger partial charge in [0.2, 0.25) is 0 Å². The maximum Gasteiger partial charge on any atom is 0.306 e. The molecule has 1 amide bonds. The van der Waals surface area contributed by atoms with Crippen molar-refractivity contribution in [3.05, 3.63) is 64.7 Å². The van der Waals surface area contributed by atoms with Crippen molar-refractivity contribution in [1.82, 2.24) is 5.32 Å². The Bertz CT molecular complexity index is 716. The summed E-state index contributed by atoms with van der Waals surface area (Å²) in [5, 5.41) is 3.25. The topological polar surface area (TPSA) is 64.6 Å². The van der Waals surface area contributed by atoms with Crippen molar-refractivity contribution in [3.8, 4) is 5.75 Å². The second kappa shape index (κ2) is 9.69. The fourth-order valence-electron chi connectivity index (χ4n) is 2.14. The molecule has 0 heterocycles. The van der Waals surface area contributed by atoms with Crippen LogP contribution in [0.4, 0.5) is 0 Å². The van der Waals surface area contributed by atoms with Crippen LogP contribution in [0.3, 0.4) is 0 Å². The Kier molecular flexibility index (Phi) is 7.29. The molecule has 2 aromatic carbocycles. The normalized spacial score (nSPS) is 10.2. The fraction of sp³-hybridized carbons (Fsp3) is 0.263. The van der Waals surface area contributed by atoms with Crippen molar-refractivity contribution in [2.45, 2.75) is 19.4 Å². The van der Waals surface area contributed by atoms with Crippen molar-refractivity contribution in [2.24, 2.45) is 0 Å². The van der Waals surface area contributed by atoms with E-state index in [0.29, 0.717) is 18.0 Å². The smallest absolute Gasteiger partial charge is 0.306 e. The zero-order chi connectivity index (χ0) is 18.1. The number of rotatable bonds is 8. The molecule has 0 aliphatic rings. The summed E-state index contributed by atoms with van der Waals surface area (Å²) >= 11 is 6.01. The number of hydrogen-bond donors (Lipinski definition) is 1. The second-order valence-electron chi connectivity index (χ2n) is 5.38. The molecule has 0 radical (unpaired) electrons. The minimum Gasteiger partial charge on any atom is -0.497 e. The Morgan fingerprint density at radius 2 is 1.80 bits per heavy atom. The quantitative estimate of drug-likeness (QED) is 0.733. The first-order valence-electron chi connectivity index (χ1n) is 7.87. The van der Waals surface area contributed by atoms with Crippen LogP contribution in [0.2, 0.25) is 5.02 Å². The summed E-state index contributed by atoms with van der Waals surface area (Å²) in [6, 6.07) is 14.7. The van der Waals surface area contributed by atoms with Crippen LogP contribution in [0, 0.1) is 0 Å². The summed E-state index contributed by atoms with van der Waals surface area (Å²) in [7, 11) is 1.60. The van der Waals surface area contributed by atoms with Gasteiger partial charge in [-0.25, -0.2) is 0 Å². The monoisotopic (exact) mass is 361 g/mol. The highest BCUT2D eigenvalue weighted by molar-refractivity contribution is 6.31. The first kappa shape index (κ1) is 18.8. The molecule has 5 nitrogen and oxygen atoms in total. The van der Waals surface area contributed by atoms with E-state index >= 15 is 0 Å². The molecule has 25 heavy (non-hydrogen) atoms. The number of benzene rings is 2. The third-order valence-corrected chi connectivity index (χ3v) is 3.94. The first-order chi connectivity index (χ1) is 12.1. The SMILES string of the molecule is COc1ccc(CCC(=O)OCC(=O)NCc2ccccc2Cl)cc1. The molecule has 0 spiro atoms. The van der Waals surface area contributed by atoms with E-state index in [0.717, 1.165) is 16.9 Å². The summed E-state index contributed by atoms with van der Waals surface area (Å²) in [6.45, 7) is -0.00615. The summed E-state index contributed by atoms with van der Waals surface area (Å²) in [4.78, 5) is 23.5. The Balaban J connectivity index is 1.66. The maximum absolute atomic E-state index is 11.7. The molecule has 0 fully saturated rings. The molecule has 132 valence electrons. The van der Waals surface area contributed by atoms with Crippen molar-refractivity contribution < 1.29 is 19.1 Å². The molecule has 0 atom stereocenters. The minimum atomic E-state index is -0.413. The summed E-state index contributed by atoms with van der Waals surface area (Å²) < 4.78 is 10.1. The molecule has 6 heteroatoms. The fourth-order valence-corrected chi connectivity index (χ4v) is 2.35. The van der Waals surface area contributed by atoms with Crippen molar-refractivity contribution in [1.29, 1.82) is 0 Å². The Hall–Kier alpha value is -2.53. The lowest BCUT2D eigenvalue weighted by Gasteiger charge is -2.08. The molecule has 0 bridgehead atoms. The molecule has 0 aliphatic carbocycles. The van der Waals surface area contributed by atoms with Gasteiger partial charge in [-0.15, -0.1) is 0 Å². The number of carbonyl (C=O) groups is 2. The van der Waals surface area contributed by atoms with Gasteiger partial charge in [0.05, 0.1) is 7.11 Å². The third kappa shape index (κ3) is 6.47. The van der Waals surface area contributed by atoms with Gasteiger partial charge in [0, 0.05) is 18.0 Å². The largest absolute Gasteiger partial charge is 0.497 e.